The summed E-state index contributed by atoms with van der Waals surface area (Å²) in [6, 6.07) is 10.2. The summed E-state index contributed by atoms with van der Waals surface area (Å²) in [5, 5.41) is 1.46. The van der Waals surface area contributed by atoms with Crippen molar-refractivity contribution in [3.63, 3.8) is 0 Å². The number of nitrogens with one attached hydrogen (secondary N) is 1. The maximum Gasteiger partial charge on any atom is 0.0513 e. The average Bonchev–Trinajstić information content (AvgIpc) is 2.89. The van der Waals surface area contributed by atoms with Crippen LogP contribution in [0.5, 0.6) is 0 Å². The number of hydrogen-bond acceptors (Lipinski definition) is 1. The van der Waals surface area contributed by atoms with Crippen LogP contribution in [0.15, 0.2) is 35.9 Å². The highest BCUT2D eigenvalue weighted by Gasteiger charge is 2.51. The van der Waals surface area contributed by atoms with E-state index >= 15 is 0 Å². The molecule has 0 aliphatic carbocycles. The molecule has 6 rings (SSSR count). The van der Waals surface area contributed by atoms with E-state index < -0.39 is 0 Å². The molecule has 3 saturated heterocycles. The minimum atomic E-state index is 0.621. The molecule has 1 aromatic carbocycles. The quantitative estimate of drug-likeness (QED) is 0.720. The van der Waals surface area contributed by atoms with E-state index in [-0.39, 0.29) is 0 Å². The molecular weight excluding hydrogens is 256 g/mol. The van der Waals surface area contributed by atoms with Gasteiger partial charge in [-0.1, -0.05) is 36.8 Å². The second-order valence-corrected chi connectivity index (χ2v) is 7.09. The molecule has 1 aromatic heterocycles. The van der Waals surface area contributed by atoms with Crippen LogP contribution in [0.4, 0.5) is 0 Å². The zero-order valence-electron chi connectivity index (χ0n) is 12.8. The van der Waals surface area contributed by atoms with Gasteiger partial charge in [-0.25, -0.2) is 0 Å². The second kappa shape index (κ2) is 4.01. The van der Waals surface area contributed by atoms with E-state index in [0.29, 0.717) is 6.04 Å². The number of benzene rings is 1. The van der Waals surface area contributed by atoms with Crippen molar-refractivity contribution in [2.24, 2.45) is 11.8 Å². The first kappa shape index (κ1) is 12.0. The lowest BCUT2D eigenvalue weighted by Gasteiger charge is -2.58. The third kappa shape index (κ3) is 1.41. The van der Waals surface area contributed by atoms with Crippen LogP contribution in [0.1, 0.15) is 37.6 Å². The summed E-state index contributed by atoms with van der Waals surface area (Å²) in [5.74, 6) is 1.59. The minimum Gasteiger partial charge on any atom is -0.357 e. The Balaban J connectivity index is 1.70. The molecule has 108 valence electrons. The van der Waals surface area contributed by atoms with Crippen LogP contribution in [-0.4, -0.2) is 22.5 Å². The van der Waals surface area contributed by atoms with Crippen LogP contribution in [0.2, 0.25) is 0 Å². The number of aromatic amines is 1. The van der Waals surface area contributed by atoms with E-state index in [1.54, 1.807) is 11.1 Å². The van der Waals surface area contributed by atoms with Crippen molar-refractivity contribution in [1.82, 2.24) is 9.88 Å². The van der Waals surface area contributed by atoms with E-state index in [1.165, 1.54) is 36.0 Å². The van der Waals surface area contributed by atoms with Crippen molar-refractivity contribution < 1.29 is 0 Å². The smallest absolute Gasteiger partial charge is 0.0513 e. The van der Waals surface area contributed by atoms with Gasteiger partial charge in [0.1, 0.15) is 0 Å². The molecule has 4 bridgehead atoms. The Hall–Kier alpha value is -1.54. The molecule has 0 spiro atoms. The molecule has 1 N–H and O–H groups in total. The summed E-state index contributed by atoms with van der Waals surface area (Å²) in [7, 11) is 0. The lowest BCUT2D eigenvalue weighted by Crippen LogP contribution is -2.59. The van der Waals surface area contributed by atoms with Crippen molar-refractivity contribution in [3.05, 3.63) is 47.2 Å². The summed E-state index contributed by atoms with van der Waals surface area (Å²) >= 11 is 0. The van der Waals surface area contributed by atoms with Crippen molar-refractivity contribution >= 4 is 10.9 Å². The number of H-pyrrole nitrogens is 1. The van der Waals surface area contributed by atoms with Crippen molar-refractivity contribution in [2.45, 2.75) is 38.8 Å². The molecule has 4 aliphatic heterocycles. The molecule has 21 heavy (non-hydrogen) atoms. The van der Waals surface area contributed by atoms with Gasteiger partial charge < -0.3 is 4.98 Å². The summed E-state index contributed by atoms with van der Waals surface area (Å²) in [5.41, 5.74) is 6.12. The van der Waals surface area contributed by atoms with Gasteiger partial charge in [-0.05, 0) is 43.2 Å². The number of fused-ring (bicyclic) bond motifs is 4. The molecule has 0 amide bonds. The van der Waals surface area contributed by atoms with Crippen molar-refractivity contribution in [1.29, 1.82) is 0 Å². The predicted molar refractivity (Wildman–Crippen MR) is 86.3 cm³/mol. The molecule has 2 aromatic rings. The Labute approximate surface area is 125 Å². The van der Waals surface area contributed by atoms with Gasteiger partial charge in [-0.3, -0.25) is 4.90 Å². The number of para-hydroxylation sites is 1. The molecule has 3 fully saturated rings. The zero-order valence-corrected chi connectivity index (χ0v) is 12.8. The summed E-state index contributed by atoms with van der Waals surface area (Å²) in [4.78, 5) is 6.52. The Bertz CT molecular complexity index is 754. The minimum absolute atomic E-state index is 0.621. The van der Waals surface area contributed by atoms with Gasteiger partial charge in [-0.2, -0.15) is 0 Å². The lowest BCUT2D eigenvalue weighted by molar-refractivity contribution is -0.0238. The number of hydrogen-bond donors (Lipinski definition) is 1. The maximum atomic E-state index is 3.74. The Morgan fingerprint density at radius 1 is 1.29 bits per heavy atom. The van der Waals surface area contributed by atoms with Crippen LogP contribution in [0, 0.1) is 11.8 Å². The van der Waals surface area contributed by atoms with E-state index in [2.05, 4.69) is 54.1 Å². The Morgan fingerprint density at radius 2 is 2.14 bits per heavy atom. The molecule has 4 aliphatic rings. The summed E-state index contributed by atoms with van der Waals surface area (Å²) in [6.45, 7) is 5.88. The molecular formula is C19H22N2. The number of allylic oxidation sites excluding steroid dienone is 1. The van der Waals surface area contributed by atoms with Gasteiger partial charge in [0, 0.05) is 29.2 Å². The molecule has 2 heteroatoms. The maximum absolute atomic E-state index is 3.74. The summed E-state index contributed by atoms with van der Waals surface area (Å²) in [6.07, 6.45) is 4.90. The lowest BCUT2D eigenvalue weighted by atomic mass is 9.64. The van der Waals surface area contributed by atoms with Crippen LogP contribution >= 0.6 is 0 Å². The fourth-order valence-electron chi connectivity index (χ4n) is 5.26. The van der Waals surface area contributed by atoms with Crippen LogP contribution in [-0.2, 0) is 6.42 Å². The number of piperidine rings is 3. The highest BCUT2D eigenvalue weighted by atomic mass is 15.2. The molecule has 0 saturated carbocycles. The van der Waals surface area contributed by atoms with E-state index in [9.17, 15) is 0 Å². The van der Waals surface area contributed by atoms with Gasteiger partial charge >= 0.3 is 0 Å². The van der Waals surface area contributed by atoms with E-state index in [0.717, 1.165) is 17.9 Å². The standard InChI is InChI=1S/C19H22N2/c1-3-12-10-21-17-9-15-13-6-4-5-7-16(13)20-19(15)18(21)8-14(12)11(17)2/h3-7,11,14,17-18,20H,8-10H2,1-2H3/t11-,14-,17-,18+/m1/s1. The molecule has 5 heterocycles. The van der Waals surface area contributed by atoms with Crippen molar-refractivity contribution in [3.8, 4) is 0 Å². The fraction of sp³-hybridized carbons (Fsp3) is 0.474. The Kier molecular flexibility index (Phi) is 2.30. The number of rotatable bonds is 0. The third-order valence-corrected chi connectivity index (χ3v) is 6.35. The molecule has 2 nitrogen and oxygen atoms in total. The van der Waals surface area contributed by atoms with Gasteiger partial charge in [0.2, 0.25) is 0 Å². The topological polar surface area (TPSA) is 19.0 Å². The monoisotopic (exact) mass is 278 g/mol. The fourth-order valence-corrected chi connectivity index (χ4v) is 5.26. The van der Waals surface area contributed by atoms with Crippen LogP contribution in [0.25, 0.3) is 10.9 Å². The normalized spacial score (nSPS) is 39.0. The highest BCUT2D eigenvalue weighted by molar-refractivity contribution is 5.85. The van der Waals surface area contributed by atoms with Crippen LogP contribution in [0.3, 0.4) is 0 Å². The number of nitrogens with zero attached hydrogens (tertiary/aromatic N) is 1. The van der Waals surface area contributed by atoms with Crippen molar-refractivity contribution in [2.75, 3.05) is 6.54 Å². The highest BCUT2D eigenvalue weighted by Crippen LogP contribution is 2.53. The molecule has 5 atom stereocenters. The van der Waals surface area contributed by atoms with Gasteiger partial charge in [0.15, 0.2) is 0 Å². The largest absolute Gasteiger partial charge is 0.357 e. The second-order valence-electron chi connectivity index (χ2n) is 7.09. The first-order chi connectivity index (χ1) is 10.3. The zero-order chi connectivity index (χ0) is 14.1. The molecule has 0 radical (unpaired) electrons. The van der Waals surface area contributed by atoms with Gasteiger partial charge in [-0.15, -0.1) is 0 Å². The third-order valence-electron chi connectivity index (χ3n) is 6.35. The summed E-state index contributed by atoms with van der Waals surface area (Å²) < 4.78 is 0. The van der Waals surface area contributed by atoms with Gasteiger partial charge in [0.25, 0.3) is 0 Å². The van der Waals surface area contributed by atoms with E-state index in [1.807, 2.05) is 0 Å². The first-order valence-electron chi connectivity index (χ1n) is 8.28. The Morgan fingerprint density at radius 3 is 3.00 bits per heavy atom. The average molecular weight is 278 g/mol. The van der Waals surface area contributed by atoms with Gasteiger partial charge in [0.05, 0.1) is 6.04 Å². The SMILES string of the molecule is CC=C1CN2[C@@H]3Cc4c([nH]c5ccccc45)[C@@H]2C[C@@H]1[C@H]3C. The predicted octanol–water partition coefficient (Wildman–Crippen LogP) is 4.05. The van der Waals surface area contributed by atoms with E-state index in [4.69, 9.17) is 0 Å². The molecule has 1 unspecified atom stereocenters. The number of aromatic nitrogens is 1. The first-order valence-corrected chi connectivity index (χ1v) is 8.28. The van der Waals surface area contributed by atoms with Crippen LogP contribution < -0.4 is 0 Å².